The highest BCUT2D eigenvalue weighted by Gasteiger charge is 1.88. The SMILES string of the molecule is C.CCC(=O)OC.CCC(=O)OC. The van der Waals surface area contributed by atoms with E-state index in [9.17, 15) is 9.59 Å². The zero-order valence-electron chi connectivity index (χ0n) is 8.05. The minimum absolute atomic E-state index is 0. The van der Waals surface area contributed by atoms with E-state index in [1.807, 2.05) is 0 Å². The van der Waals surface area contributed by atoms with Crippen molar-refractivity contribution in [1.82, 2.24) is 0 Å². The van der Waals surface area contributed by atoms with E-state index in [2.05, 4.69) is 9.47 Å². The number of carbonyl (C=O) groups excluding carboxylic acids is 2. The molecule has 80 valence electrons. The van der Waals surface area contributed by atoms with Crippen LogP contribution in [0.3, 0.4) is 0 Å². The molecule has 0 atom stereocenters. The van der Waals surface area contributed by atoms with Crippen LogP contribution in [-0.4, -0.2) is 26.2 Å². The van der Waals surface area contributed by atoms with Crippen LogP contribution in [0.4, 0.5) is 0 Å². The lowest BCUT2D eigenvalue weighted by atomic mass is 10.5. The maximum atomic E-state index is 9.96. The van der Waals surface area contributed by atoms with E-state index in [1.54, 1.807) is 13.8 Å². The van der Waals surface area contributed by atoms with Crippen molar-refractivity contribution in [2.24, 2.45) is 0 Å². The normalized spacial score (nSPS) is 7.08. The van der Waals surface area contributed by atoms with Crippen LogP contribution in [0, 0.1) is 0 Å². The van der Waals surface area contributed by atoms with E-state index < -0.39 is 0 Å². The van der Waals surface area contributed by atoms with Gasteiger partial charge in [-0.2, -0.15) is 0 Å². The van der Waals surface area contributed by atoms with Crippen LogP contribution in [0.15, 0.2) is 0 Å². The number of methoxy groups -OCH3 is 2. The van der Waals surface area contributed by atoms with E-state index in [0.717, 1.165) is 0 Å². The number of rotatable bonds is 2. The number of ether oxygens (including phenoxy) is 2. The smallest absolute Gasteiger partial charge is 0.305 e. The molecule has 0 heterocycles. The molecule has 0 aromatic carbocycles. The Kier molecular flexibility index (Phi) is 18.6. The lowest BCUT2D eigenvalue weighted by Crippen LogP contribution is -1.94. The van der Waals surface area contributed by atoms with Gasteiger partial charge in [0.1, 0.15) is 0 Å². The summed E-state index contributed by atoms with van der Waals surface area (Å²) >= 11 is 0. The minimum Gasteiger partial charge on any atom is -0.469 e. The van der Waals surface area contributed by atoms with Gasteiger partial charge in [0.15, 0.2) is 0 Å². The molecule has 0 aliphatic carbocycles. The van der Waals surface area contributed by atoms with Gasteiger partial charge in [-0.25, -0.2) is 0 Å². The standard InChI is InChI=1S/2C4H8O2.CH4/c2*1-3-4(5)6-2;/h2*3H2,1-2H3;1H4. The van der Waals surface area contributed by atoms with Gasteiger partial charge in [-0.1, -0.05) is 21.3 Å². The van der Waals surface area contributed by atoms with Gasteiger partial charge in [-0.15, -0.1) is 0 Å². The second-order valence-electron chi connectivity index (χ2n) is 1.86. The van der Waals surface area contributed by atoms with Crippen LogP contribution >= 0.6 is 0 Å². The molecule has 4 heteroatoms. The summed E-state index contributed by atoms with van der Waals surface area (Å²) < 4.78 is 8.52. The van der Waals surface area contributed by atoms with Crippen LogP contribution in [0.2, 0.25) is 0 Å². The van der Waals surface area contributed by atoms with Crippen molar-refractivity contribution in [2.45, 2.75) is 34.1 Å². The van der Waals surface area contributed by atoms with E-state index in [-0.39, 0.29) is 19.4 Å². The molecule has 0 saturated carbocycles. The quantitative estimate of drug-likeness (QED) is 0.626. The summed E-state index contributed by atoms with van der Waals surface area (Å²) in [4.78, 5) is 19.9. The number of hydrogen-bond donors (Lipinski definition) is 0. The van der Waals surface area contributed by atoms with Crippen LogP contribution in [0.5, 0.6) is 0 Å². The van der Waals surface area contributed by atoms with E-state index in [0.29, 0.717) is 12.8 Å². The van der Waals surface area contributed by atoms with Crippen molar-refractivity contribution in [3.8, 4) is 0 Å². The third-order valence-electron chi connectivity index (χ3n) is 1.03. The molecule has 0 bridgehead atoms. The van der Waals surface area contributed by atoms with Crippen molar-refractivity contribution in [2.75, 3.05) is 14.2 Å². The largest absolute Gasteiger partial charge is 0.469 e. The Morgan fingerprint density at radius 2 is 1.15 bits per heavy atom. The highest BCUT2D eigenvalue weighted by molar-refractivity contribution is 5.68. The maximum absolute atomic E-state index is 9.96. The lowest BCUT2D eigenvalue weighted by Gasteiger charge is -1.87. The van der Waals surface area contributed by atoms with Gasteiger partial charge in [0.25, 0.3) is 0 Å². The lowest BCUT2D eigenvalue weighted by molar-refractivity contribution is -0.141. The van der Waals surface area contributed by atoms with E-state index in [1.165, 1.54) is 14.2 Å². The van der Waals surface area contributed by atoms with Gasteiger partial charge in [-0.3, -0.25) is 9.59 Å². The molecule has 0 aromatic heterocycles. The Hall–Kier alpha value is -1.06. The molecule has 4 nitrogen and oxygen atoms in total. The fourth-order valence-corrected chi connectivity index (χ4v) is 0.289. The molecule has 0 radical (unpaired) electrons. The summed E-state index contributed by atoms with van der Waals surface area (Å²) in [5.74, 6) is -0.315. The summed E-state index contributed by atoms with van der Waals surface area (Å²) in [6.07, 6.45) is 0.938. The van der Waals surface area contributed by atoms with Crippen molar-refractivity contribution >= 4 is 11.9 Å². The van der Waals surface area contributed by atoms with Gasteiger partial charge in [0.2, 0.25) is 0 Å². The first-order valence-corrected chi connectivity index (χ1v) is 3.75. The fraction of sp³-hybridized carbons (Fsp3) is 0.778. The predicted octanol–water partition coefficient (Wildman–Crippen LogP) is 1.77. The molecule has 0 saturated heterocycles. The third-order valence-corrected chi connectivity index (χ3v) is 1.03. The Balaban J connectivity index is -0.000000143. The van der Waals surface area contributed by atoms with Gasteiger partial charge < -0.3 is 9.47 Å². The molecular weight excluding hydrogens is 172 g/mol. The molecule has 0 aromatic rings. The zero-order chi connectivity index (χ0) is 9.98. The topological polar surface area (TPSA) is 52.6 Å². The molecule has 0 amide bonds. The Bertz CT molecular complexity index is 104. The first kappa shape index (κ1) is 17.9. The van der Waals surface area contributed by atoms with E-state index in [4.69, 9.17) is 0 Å². The van der Waals surface area contributed by atoms with Crippen LogP contribution in [0.1, 0.15) is 34.1 Å². The summed E-state index contributed by atoms with van der Waals surface area (Å²) in [6.45, 7) is 3.51. The molecule has 0 N–H and O–H groups in total. The monoisotopic (exact) mass is 192 g/mol. The number of carbonyl (C=O) groups is 2. The molecule has 0 aliphatic rings. The minimum atomic E-state index is -0.157. The second-order valence-corrected chi connectivity index (χ2v) is 1.86. The third kappa shape index (κ3) is 18.2. The number of esters is 2. The van der Waals surface area contributed by atoms with Gasteiger partial charge in [-0.05, 0) is 0 Å². The van der Waals surface area contributed by atoms with Gasteiger partial charge in [0.05, 0.1) is 14.2 Å². The molecule has 0 spiro atoms. The summed E-state index contributed by atoms with van der Waals surface area (Å²) in [5.41, 5.74) is 0. The average Bonchev–Trinajstić information content (AvgIpc) is 2.16. The summed E-state index contributed by atoms with van der Waals surface area (Å²) in [5, 5.41) is 0. The predicted molar refractivity (Wildman–Crippen MR) is 51.3 cm³/mol. The van der Waals surface area contributed by atoms with Crippen molar-refractivity contribution in [3.05, 3.63) is 0 Å². The summed E-state index contributed by atoms with van der Waals surface area (Å²) in [7, 11) is 2.76. The fourth-order valence-electron chi connectivity index (χ4n) is 0.289. The highest BCUT2D eigenvalue weighted by Crippen LogP contribution is 1.76. The zero-order valence-corrected chi connectivity index (χ0v) is 8.05. The van der Waals surface area contributed by atoms with Gasteiger partial charge >= 0.3 is 11.9 Å². The second kappa shape index (κ2) is 13.5. The first-order valence-electron chi connectivity index (χ1n) is 3.75. The van der Waals surface area contributed by atoms with Crippen molar-refractivity contribution in [3.63, 3.8) is 0 Å². The van der Waals surface area contributed by atoms with Crippen molar-refractivity contribution < 1.29 is 19.1 Å². The van der Waals surface area contributed by atoms with Crippen LogP contribution < -0.4 is 0 Å². The first-order chi connectivity index (χ1) is 5.62. The van der Waals surface area contributed by atoms with Crippen LogP contribution in [0.25, 0.3) is 0 Å². The Morgan fingerprint density at radius 3 is 1.15 bits per heavy atom. The van der Waals surface area contributed by atoms with Gasteiger partial charge in [0, 0.05) is 12.8 Å². The highest BCUT2D eigenvalue weighted by atomic mass is 16.5. The summed E-state index contributed by atoms with van der Waals surface area (Å²) in [6, 6.07) is 0. The molecule has 0 rings (SSSR count). The van der Waals surface area contributed by atoms with E-state index >= 15 is 0 Å². The molecule has 0 aliphatic heterocycles. The molecule has 0 unspecified atom stereocenters. The van der Waals surface area contributed by atoms with Crippen molar-refractivity contribution in [1.29, 1.82) is 0 Å². The Labute approximate surface area is 80.2 Å². The molecule has 0 fully saturated rings. The Morgan fingerprint density at radius 1 is 0.923 bits per heavy atom. The average molecular weight is 192 g/mol. The molecule has 13 heavy (non-hydrogen) atoms. The maximum Gasteiger partial charge on any atom is 0.305 e. The van der Waals surface area contributed by atoms with Crippen LogP contribution in [-0.2, 0) is 19.1 Å². The number of hydrogen-bond acceptors (Lipinski definition) is 4. The molecular formula is C9H20O4.